The molecule has 2 aromatic carbocycles. The minimum Gasteiger partial charge on any atom is -0.422 e. The van der Waals surface area contributed by atoms with Crippen molar-refractivity contribution in [3.05, 3.63) is 70.6 Å². The Morgan fingerprint density at radius 2 is 1.80 bits per heavy atom. The number of benzene rings is 2. The van der Waals surface area contributed by atoms with E-state index >= 15 is 0 Å². The van der Waals surface area contributed by atoms with Crippen molar-refractivity contribution in [1.82, 2.24) is 4.98 Å². The van der Waals surface area contributed by atoms with Crippen molar-refractivity contribution >= 4 is 28.5 Å². The van der Waals surface area contributed by atoms with Crippen molar-refractivity contribution < 1.29 is 27.1 Å². The molecular formula is C17H8ClF4NO2. The highest BCUT2D eigenvalue weighted by Crippen LogP contribution is 2.35. The van der Waals surface area contributed by atoms with Gasteiger partial charge in [0.1, 0.15) is 22.8 Å². The van der Waals surface area contributed by atoms with Gasteiger partial charge in [0.05, 0.1) is 10.6 Å². The molecule has 1 heterocycles. The van der Waals surface area contributed by atoms with E-state index in [1.54, 1.807) is 6.07 Å². The number of carbonyl (C=O) groups excluding carboxylic acids is 1. The number of nitrogens with zero attached hydrogens (tertiary/aromatic N) is 1. The average Bonchev–Trinajstić information content (AvgIpc) is 2.55. The number of carbonyl (C=O) groups is 1. The zero-order valence-electron chi connectivity index (χ0n) is 12.3. The summed E-state index contributed by atoms with van der Waals surface area (Å²) in [4.78, 5) is 15.5. The predicted octanol–water partition coefficient (Wildman–Crippen LogP) is 5.27. The van der Waals surface area contributed by atoms with Crippen molar-refractivity contribution in [2.75, 3.05) is 0 Å². The molecule has 0 aliphatic heterocycles. The Balaban J connectivity index is 2.13. The molecule has 3 nitrogen and oxygen atoms in total. The first-order valence-corrected chi connectivity index (χ1v) is 7.28. The van der Waals surface area contributed by atoms with E-state index in [1.807, 2.05) is 0 Å². The van der Waals surface area contributed by atoms with Crippen LogP contribution in [0, 0.1) is 5.82 Å². The average molecular weight is 370 g/mol. The van der Waals surface area contributed by atoms with Gasteiger partial charge in [-0.3, -0.25) is 0 Å². The van der Waals surface area contributed by atoms with Crippen LogP contribution in [0.4, 0.5) is 17.6 Å². The molecule has 0 amide bonds. The molecule has 0 N–H and O–H groups in total. The summed E-state index contributed by atoms with van der Waals surface area (Å²) in [5.74, 6) is -2.38. The van der Waals surface area contributed by atoms with Crippen LogP contribution in [0.2, 0.25) is 5.02 Å². The van der Waals surface area contributed by atoms with Gasteiger partial charge in [0, 0.05) is 11.5 Å². The molecule has 0 radical (unpaired) electrons. The SMILES string of the molecule is O=C(Oc1cc(C(F)(F)F)nc2c(F)cccc12)c1ccccc1Cl. The van der Waals surface area contributed by atoms with Gasteiger partial charge in [-0.25, -0.2) is 14.2 Å². The van der Waals surface area contributed by atoms with Crippen molar-refractivity contribution in [3.63, 3.8) is 0 Å². The zero-order chi connectivity index (χ0) is 18.2. The summed E-state index contributed by atoms with van der Waals surface area (Å²) >= 11 is 5.88. The Morgan fingerprint density at radius 3 is 2.48 bits per heavy atom. The van der Waals surface area contributed by atoms with Crippen molar-refractivity contribution in [1.29, 1.82) is 0 Å². The number of hydrogen-bond donors (Lipinski definition) is 0. The molecular weight excluding hydrogens is 362 g/mol. The van der Waals surface area contributed by atoms with E-state index in [4.69, 9.17) is 16.3 Å². The molecule has 3 rings (SSSR count). The number of hydrogen-bond acceptors (Lipinski definition) is 3. The van der Waals surface area contributed by atoms with Gasteiger partial charge in [-0.2, -0.15) is 13.2 Å². The molecule has 1 aromatic heterocycles. The van der Waals surface area contributed by atoms with Gasteiger partial charge >= 0.3 is 12.1 Å². The Labute approximate surface area is 143 Å². The van der Waals surface area contributed by atoms with Crippen molar-refractivity contribution in [2.24, 2.45) is 0 Å². The van der Waals surface area contributed by atoms with Crippen molar-refractivity contribution in [3.8, 4) is 5.75 Å². The molecule has 3 aromatic rings. The summed E-state index contributed by atoms with van der Waals surface area (Å²) in [6.45, 7) is 0. The predicted molar refractivity (Wildman–Crippen MR) is 83.1 cm³/mol. The Morgan fingerprint density at radius 1 is 1.08 bits per heavy atom. The van der Waals surface area contributed by atoms with Crippen LogP contribution in [0.15, 0.2) is 48.5 Å². The first kappa shape index (κ1) is 17.2. The van der Waals surface area contributed by atoms with Crippen LogP contribution >= 0.6 is 11.6 Å². The van der Waals surface area contributed by atoms with Gasteiger partial charge in [-0.1, -0.05) is 29.8 Å². The summed E-state index contributed by atoms with van der Waals surface area (Å²) in [7, 11) is 0. The molecule has 8 heteroatoms. The molecule has 0 aliphatic rings. The van der Waals surface area contributed by atoms with E-state index in [2.05, 4.69) is 4.98 Å². The second kappa shape index (κ2) is 6.33. The molecule has 0 saturated carbocycles. The quantitative estimate of drug-likeness (QED) is 0.456. The standard InChI is InChI=1S/C17H8ClF4NO2/c18-11-6-2-1-4-9(11)16(24)25-13-8-14(17(20,21)22)23-15-10(13)5-3-7-12(15)19/h1-8H. The van der Waals surface area contributed by atoms with Crippen LogP contribution < -0.4 is 4.74 Å². The van der Waals surface area contributed by atoms with E-state index in [0.29, 0.717) is 6.07 Å². The van der Waals surface area contributed by atoms with Gasteiger partial charge in [0.15, 0.2) is 0 Å². The lowest BCUT2D eigenvalue weighted by atomic mass is 10.1. The van der Waals surface area contributed by atoms with Gasteiger partial charge in [0.25, 0.3) is 0 Å². The lowest BCUT2D eigenvalue weighted by Gasteiger charge is -2.12. The molecule has 0 spiro atoms. The van der Waals surface area contributed by atoms with Crippen LogP contribution in [-0.4, -0.2) is 11.0 Å². The Bertz CT molecular complexity index is 973. The van der Waals surface area contributed by atoms with Gasteiger partial charge in [-0.05, 0) is 24.3 Å². The van der Waals surface area contributed by atoms with Gasteiger partial charge in [-0.15, -0.1) is 0 Å². The summed E-state index contributed by atoms with van der Waals surface area (Å²) in [5.41, 5.74) is -1.94. The number of para-hydroxylation sites is 1. The first-order chi connectivity index (χ1) is 11.8. The van der Waals surface area contributed by atoms with E-state index in [-0.39, 0.29) is 16.0 Å². The van der Waals surface area contributed by atoms with Crippen molar-refractivity contribution in [2.45, 2.75) is 6.18 Å². The second-order valence-electron chi connectivity index (χ2n) is 5.01. The molecule has 128 valence electrons. The maximum atomic E-state index is 13.9. The number of aromatic nitrogens is 1. The molecule has 0 bridgehead atoms. The normalized spacial score (nSPS) is 11.6. The minimum absolute atomic E-state index is 0.0286. The third-order valence-corrected chi connectivity index (χ3v) is 3.67. The number of rotatable bonds is 2. The first-order valence-electron chi connectivity index (χ1n) is 6.90. The molecule has 0 aliphatic carbocycles. The highest BCUT2D eigenvalue weighted by molar-refractivity contribution is 6.33. The summed E-state index contributed by atoms with van der Waals surface area (Å²) in [6, 6.07) is 10.0. The topological polar surface area (TPSA) is 39.2 Å². The molecule has 0 atom stereocenters. The highest BCUT2D eigenvalue weighted by atomic mass is 35.5. The molecule has 0 fully saturated rings. The fraction of sp³-hybridized carbons (Fsp3) is 0.0588. The van der Waals surface area contributed by atoms with Crippen LogP contribution in [0.5, 0.6) is 5.75 Å². The third kappa shape index (κ3) is 3.41. The third-order valence-electron chi connectivity index (χ3n) is 3.34. The number of halogens is 5. The number of pyridine rings is 1. The van der Waals surface area contributed by atoms with Crippen LogP contribution in [0.3, 0.4) is 0 Å². The number of fused-ring (bicyclic) bond motifs is 1. The lowest BCUT2D eigenvalue weighted by Crippen LogP contribution is -2.13. The van der Waals surface area contributed by atoms with Crippen LogP contribution in [0.25, 0.3) is 10.9 Å². The van der Waals surface area contributed by atoms with E-state index < -0.39 is 34.9 Å². The largest absolute Gasteiger partial charge is 0.433 e. The zero-order valence-corrected chi connectivity index (χ0v) is 13.0. The molecule has 0 saturated heterocycles. The maximum Gasteiger partial charge on any atom is 0.433 e. The van der Waals surface area contributed by atoms with Crippen LogP contribution in [0.1, 0.15) is 16.1 Å². The fourth-order valence-electron chi connectivity index (χ4n) is 2.19. The fourth-order valence-corrected chi connectivity index (χ4v) is 2.41. The van der Waals surface area contributed by atoms with Crippen LogP contribution in [-0.2, 0) is 6.18 Å². The van der Waals surface area contributed by atoms with E-state index in [9.17, 15) is 22.4 Å². The Hall–Kier alpha value is -2.67. The summed E-state index contributed by atoms with van der Waals surface area (Å²) in [5, 5.41) is 0.0153. The van der Waals surface area contributed by atoms with Gasteiger partial charge < -0.3 is 4.74 Å². The smallest absolute Gasteiger partial charge is 0.422 e. The number of alkyl halides is 3. The summed E-state index contributed by atoms with van der Waals surface area (Å²) in [6.07, 6.45) is -4.83. The lowest BCUT2D eigenvalue weighted by molar-refractivity contribution is -0.141. The highest BCUT2D eigenvalue weighted by Gasteiger charge is 2.34. The number of esters is 1. The van der Waals surface area contributed by atoms with E-state index in [1.165, 1.54) is 30.3 Å². The summed E-state index contributed by atoms with van der Waals surface area (Å²) < 4.78 is 57.9. The van der Waals surface area contributed by atoms with Gasteiger partial charge in [0.2, 0.25) is 0 Å². The molecule has 0 unspecified atom stereocenters. The minimum atomic E-state index is -4.83. The van der Waals surface area contributed by atoms with E-state index in [0.717, 1.165) is 6.07 Å². The maximum absolute atomic E-state index is 13.9. The molecule has 25 heavy (non-hydrogen) atoms. The second-order valence-corrected chi connectivity index (χ2v) is 5.42. The Kier molecular flexibility index (Phi) is 4.34. The monoisotopic (exact) mass is 369 g/mol. The number of ether oxygens (including phenoxy) is 1.